The smallest absolute Gasteiger partial charge is 0.144 e. The number of furan rings is 1. The zero-order valence-electron chi connectivity index (χ0n) is 24.3. The van der Waals surface area contributed by atoms with Crippen LogP contribution in [0.1, 0.15) is 49.9 Å². The van der Waals surface area contributed by atoms with Gasteiger partial charge in [0.15, 0.2) is 0 Å². The summed E-state index contributed by atoms with van der Waals surface area (Å²) in [6, 6.07) is 39.5. The van der Waals surface area contributed by atoms with Gasteiger partial charge in [-0.1, -0.05) is 107 Å². The minimum absolute atomic E-state index is 0.144. The standard InChI is InChI=1S/C40H31NO/c1-39(2)30-15-9-7-13-27(30)35-37(39)36-33(34-29-14-8-10-16-32(29)42-38(34)35)28-20-19-26(22-31(28)40(36,3)4)41-25-18-17-23-11-5-6-12-24(23)21-25/h5-22,41H,1-4H3. The highest BCUT2D eigenvalue weighted by Gasteiger charge is 2.48. The van der Waals surface area contributed by atoms with E-state index in [1.807, 2.05) is 0 Å². The van der Waals surface area contributed by atoms with Crippen molar-refractivity contribution in [1.82, 2.24) is 0 Å². The second kappa shape index (κ2) is 7.92. The molecule has 202 valence electrons. The van der Waals surface area contributed by atoms with Crippen molar-refractivity contribution in [2.75, 3.05) is 5.32 Å². The minimum atomic E-state index is -0.193. The van der Waals surface area contributed by atoms with Crippen LogP contribution in [0.4, 0.5) is 11.4 Å². The van der Waals surface area contributed by atoms with Crippen LogP contribution in [0.3, 0.4) is 0 Å². The van der Waals surface area contributed by atoms with Gasteiger partial charge in [0.05, 0.1) is 0 Å². The van der Waals surface area contributed by atoms with Crippen molar-refractivity contribution in [2.45, 2.75) is 38.5 Å². The van der Waals surface area contributed by atoms with Crippen molar-refractivity contribution in [3.05, 3.63) is 131 Å². The van der Waals surface area contributed by atoms with E-state index in [0.29, 0.717) is 0 Å². The second-order valence-electron chi connectivity index (χ2n) is 13.0. The summed E-state index contributed by atoms with van der Waals surface area (Å²) in [6.45, 7) is 9.59. The molecule has 2 aliphatic rings. The molecule has 0 saturated carbocycles. The SMILES string of the molecule is CC1(C)c2ccccc2-c2c1c1c(c3c2oc2ccccc23)-c2ccc(Nc3ccc4ccccc4c3)cc2C1(C)C. The van der Waals surface area contributed by atoms with Crippen LogP contribution < -0.4 is 5.32 Å². The normalized spacial score (nSPS) is 15.5. The summed E-state index contributed by atoms with van der Waals surface area (Å²) < 4.78 is 6.78. The summed E-state index contributed by atoms with van der Waals surface area (Å²) in [5.74, 6) is 0. The van der Waals surface area contributed by atoms with Crippen LogP contribution in [-0.2, 0) is 10.8 Å². The molecule has 7 aromatic rings. The molecular formula is C40H31NO. The summed E-state index contributed by atoms with van der Waals surface area (Å²) in [4.78, 5) is 0. The van der Waals surface area contributed by atoms with E-state index in [9.17, 15) is 0 Å². The third-order valence-electron chi connectivity index (χ3n) is 9.94. The molecule has 0 unspecified atom stereocenters. The zero-order valence-corrected chi connectivity index (χ0v) is 24.3. The highest BCUT2D eigenvalue weighted by molar-refractivity contribution is 6.20. The molecule has 9 rings (SSSR count). The Labute approximate surface area is 245 Å². The molecule has 1 heterocycles. The molecule has 6 aromatic carbocycles. The Morgan fingerprint density at radius 2 is 1.19 bits per heavy atom. The number of nitrogens with one attached hydrogen (secondary N) is 1. The van der Waals surface area contributed by atoms with E-state index in [4.69, 9.17) is 4.42 Å². The lowest BCUT2D eigenvalue weighted by Gasteiger charge is -2.31. The molecule has 0 spiro atoms. The maximum atomic E-state index is 6.78. The molecule has 0 fully saturated rings. The van der Waals surface area contributed by atoms with Gasteiger partial charge in [0.1, 0.15) is 11.2 Å². The monoisotopic (exact) mass is 541 g/mol. The number of para-hydroxylation sites is 1. The fourth-order valence-corrected chi connectivity index (χ4v) is 8.04. The fourth-order valence-electron chi connectivity index (χ4n) is 8.04. The van der Waals surface area contributed by atoms with E-state index in [1.165, 1.54) is 66.1 Å². The van der Waals surface area contributed by atoms with Crippen LogP contribution >= 0.6 is 0 Å². The number of anilines is 2. The van der Waals surface area contributed by atoms with Gasteiger partial charge >= 0.3 is 0 Å². The van der Waals surface area contributed by atoms with Gasteiger partial charge in [0.2, 0.25) is 0 Å². The van der Waals surface area contributed by atoms with E-state index in [-0.39, 0.29) is 10.8 Å². The van der Waals surface area contributed by atoms with Crippen molar-refractivity contribution in [3.8, 4) is 22.3 Å². The third-order valence-corrected chi connectivity index (χ3v) is 9.94. The highest BCUT2D eigenvalue weighted by Crippen LogP contribution is 2.63. The molecule has 1 N–H and O–H groups in total. The number of rotatable bonds is 2. The Kier molecular flexibility index (Phi) is 4.50. The van der Waals surface area contributed by atoms with Crippen LogP contribution in [0.5, 0.6) is 0 Å². The van der Waals surface area contributed by atoms with Gasteiger partial charge in [-0.25, -0.2) is 0 Å². The topological polar surface area (TPSA) is 25.2 Å². The van der Waals surface area contributed by atoms with Crippen LogP contribution in [0, 0.1) is 0 Å². The van der Waals surface area contributed by atoms with Crippen molar-refractivity contribution in [1.29, 1.82) is 0 Å². The van der Waals surface area contributed by atoms with Crippen LogP contribution in [0.15, 0.2) is 114 Å². The van der Waals surface area contributed by atoms with Gasteiger partial charge < -0.3 is 9.73 Å². The largest absolute Gasteiger partial charge is 0.455 e. The molecule has 0 radical (unpaired) electrons. The summed E-state index contributed by atoms with van der Waals surface area (Å²) >= 11 is 0. The predicted octanol–water partition coefficient (Wildman–Crippen LogP) is 11.1. The first-order valence-corrected chi connectivity index (χ1v) is 14.9. The van der Waals surface area contributed by atoms with Crippen molar-refractivity contribution in [3.63, 3.8) is 0 Å². The lowest BCUT2D eigenvalue weighted by Crippen LogP contribution is -2.24. The molecule has 0 atom stereocenters. The predicted molar refractivity (Wildman–Crippen MR) is 176 cm³/mol. The molecule has 0 aliphatic heterocycles. The Hall–Kier alpha value is -4.82. The summed E-state index contributed by atoms with van der Waals surface area (Å²) in [5, 5.41) is 8.64. The summed E-state index contributed by atoms with van der Waals surface area (Å²) in [5.41, 5.74) is 14.6. The van der Waals surface area contributed by atoms with Gasteiger partial charge in [-0.3, -0.25) is 0 Å². The van der Waals surface area contributed by atoms with Gasteiger partial charge in [-0.15, -0.1) is 0 Å². The number of hydrogen-bond donors (Lipinski definition) is 1. The van der Waals surface area contributed by atoms with Crippen molar-refractivity contribution in [2.24, 2.45) is 0 Å². The highest BCUT2D eigenvalue weighted by atomic mass is 16.3. The van der Waals surface area contributed by atoms with Crippen LogP contribution in [0.25, 0.3) is 55.0 Å². The van der Waals surface area contributed by atoms with Crippen molar-refractivity contribution < 1.29 is 4.42 Å². The molecule has 2 nitrogen and oxygen atoms in total. The fraction of sp³-hybridized carbons (Fsp3) is 0.150. The minimum Gasteiger partial charge on any atom is -0.455 e. The van der Waals surface area contributed by atoms with E-state index < -0.39 is 0 Å². The Morgan fingerprint density at radius 1 is 0.548 bits per heavy atom. The van der Waals surface area contributed by atoms with Gasteiger partial charge in [-0.2, -0.15) is 0 Å². The third kappa shape index (κ3) is 2.94. The number of fused-ring (bicyclic) bond motifs is 13. The first-order valence-electron chi connectivity index (χ1n) is 14.9. The first-order chi connectivity index (χ1) is 20.3. The molecular weight excluding hydrogens is 510 g/mol. The second-order valence-corrected chi connectivity index (χ2v) is 13.0. The molecule has 1 aromatic heterocycles. The van der Waals surface area contributed by atoms with E-state index in [0.717, 1.165) is 22.5 Å². The molecule has 0 bridgehead atoms. The van der Waals surface area contributed by atoms with E-state index >= 15 is 0 Å². The first kappa shape index (κ1) is 23.8. The zero-order chi connectivity index (χ0) is 28.4. The van der Waals surface area contributed by atoms with Crippen LogP contribution in [-0.4, -0.2) is 0 Å². The maximum absolute atomic E-state index is 6.78. The molecule has 2 aliphatic carbocycles. The van der Waals surface area contributed by atoms with Gasteiger partial charge in [0, 0.05) is 38.5 Å². The lowest BCUT2D eigenvalue weighted by molar-refractivity contribution is 0.600. The van der Waals surface area contributed by atoms with Crippen LogP contribution in [0.2, 0.25) is 0 Å². The molecule has 42 heavy (non-hydrogen) atoms. The van der Waals surface area contributed by atoms with Crippen molar-refractivity contribution >= 4 is 44.1 Å². The Bertz CT molecular complexity index is 2280. The van der Waals surface area contributed by atoms with Gasteiger partial charge in [-0.05, 0) is 80.0 Å². The quantitative estimate of drug-likeness (QED) is 0.235. The lowest BCUT2D eigenvalue weighted by atomic mass is 9.72. The number of hydrogen-bond acceptors (Lipinski definition) is 2. The van der Waals surface area contributed by atoms with E-state index in [2.05, 4.69) is 142 Å². The van der Waals surface area contributed by atoms with E-state index in [1.54, 1.807) is 0 Å². The average molecular weight is 542 g/mol. The maximum Gasteiger partial charge on any atom is 0.144 e. The van der Waals surface area contributed by atoms with Gasteiger partial charge in [0.25, 0.3) is 0 Å². The Balaban J connectivity index is 1.32. The Morgan fingerprint density at radius 3 is 2.07 bits per heavy atom. The summed E-state index contributed by atoms with van der Waals surface area (Å²) in [6.07, 6.45) is 0. The summed E-state index contributed by atoms with van der Waals surface area (Å²) in [7, 11) is 0. The number of benzene rings is 6. The average Bonchev–Trinajstić information content (AvgIpc) is 3.57. The molecule has 2 heteroatoms. The molecule has 0 amide bonds. The molecule has 0 saturated heterocycles.